The number of aliphatic hydroxyl groups excluding tert-OH is 1. The molecule has 114 valence electrons. The highest BCUT2D eigenvalue weighted by atomic mass is 19.1. The van der Waals surface area contributed by atoms with Gasteiger partial charge in [-0.3, -0.25) is 0 Å². The van der Waals surface area contributed by atoms with Crippen LogP contribution in [0.15, 0.2) is 24.3 Å². The van der Waals surface area contributed by atoms with Crippen LogP contribution in [0.1, 0.15) is 13.8 Å². The monoisotopic (exact) mass is 285 g/mol. The average molecular weight is 285 g/mol. The SMILES string of the molecule is CC(C)OC[C@@H](O)CN(C)CCOc1ccc(F)cc1. The van der Waals surface area contributed by atoms with E-state index in [1.54, 1.807) is 12.1 Å². The van der Waals surface area contributed by atoms with Gasteiger partial charge in [0.1, 0.15) is 18.2 Å². The van der Waals surface area contributed by atoms with Gasteiger partial charge in [-0.05, 0) is 45.2 Å². The zero-order chi connectivity index (χ0) is 15.0. The van der Waals surface area contributed by atoms with Gasteiger partial charge in [0.2, 0.25) is 0 Å². The number of aliphatic hydroxyl groups is 1. The Morgan fingerprint density at radius 3 is 2.50 bits per heavy atom. The fraction of sp³-hybridized carbons (Fsp3) is 0.600. The quantitative estimate of drug-likeness (QED) is 0.753. The van der Waals surface area contributed by atoms with E-state index < -0.39 is 6.10 Å². The van der Waals surface area contributed by atoms with Gasteiger partial charge in [0.15, 0.2) is 0 Å². The highest BCUT2D eigenvalue weighted by Crippen LogP contribution is 2.10. The third-order valence-corrected chi connectivity index (χ3v) is 2.70. The molecule has 1 rings (SSSR count). The second-order valence-electron chi connectivity index (χ2n) is 5.10. The molecule has 0 fully saturated rings. The molecule has 20 heavy (non-hydrogen) atoms. The summed E-state index contributed by atoms with van der Waals surface area (Å²) in [4.78, 5) is 1.97. The molecule has 0 radical (unpaired) electrons. The molecule has 0 bridgehead atoms. The number of ether oxygens (including phenoxy) is 2. The van der Waals surface area contributed by atoms with Gasteiger partial charge in [-0.2, -0.15) is 0 Å². The highest BCUT2D eigenvalue weighted by molar-refractivity contribution is 5.21. The predicted octanol–water partition coefficient (Wildman–Crippen LogP) is 1.92. The Balaban J connectivity index is 2.16. The summed E-state index contributed by atoms with van der Waals surface area (Å²) in [7, 11) is 1.91. The summed E-state index contributed by atoms with van der Waals surface area (Å²) in [5, 5.41) is 9.77. The highest BCUT2D eigenvalue weighted by Gasteiger charge is 2.09. The van der Waals surface area contributed by atoms with E-state index in [0.717, 1.165) is 0 Å². The van der Waals surface area contributed by atoms with E-state index in [4.69, 9.17) is 9.47 Å². The molecule has 0 spiro atoms. The number of rotatable bonds is 9. The first-order chi connectivity index (χ1) is 9.47. The third kappa shape index (κ3) is 7.43. The number of benzene rings is 1. The van der Waals surface area contributed by atoms with E-state index in [1.165, 1.54) is 12.1 Å². The van der Waals surface area contributed by atoms with Crippen LogP contribution in [-0.2, 0) is 4.74 Å². The van der Waals surface area contributed by atoms with Crippen LogP contribution in [0.4, 0.5) is 4.39 Å². The molecule has 0 aromatic heterocycles. The summed E-state index contributed by atoms with van der Waals surface area (Å²) in [6.45, 7) is 5.90. The summed E-state index contributed by atoms with van der Waals surface area (Å²) >= 11 is 0. The first-order valence-electron chi connectivity index (χ1n) is 6.84. The van der Waals surface area contributed by atoms with Gasteiger partial charge in [-0.1, -0.05) is 0 Å². The van der Waals surface area contributed by atoms with Crippen LogP contribution in [0.2, 0.25) is 0 Å². The molecule has 4 nitrogen and oxygen atoms in total. The Hall–Kier alpha value is -1.17. The van der Waals surface area contributed by atoms with Crippen LogP contribution >= 0.6 is 0 Å². The normalized spacial score (nSPS) is 12.9. The number of halogens is 1. The average Bonchev–Trinajstić information content (AvgIpc) is 2.38. The molecule has 0 aliphatic heterocycles. The number of nitrogens with zero attached hydrogens (tertiary/aromatic N) is 1. The maximum absolute atomic E-state index is 12.7. The van der Waals surface area contributed by atoms with Gasteiger partial charge in [-0.15, -0.1) is 0 Å². The minimum atomic E-state index is -0.506. The molecular weight excluding hydrogens is 261 g/mol. The van der Waals surface area contributed by atoms with Gasteiger partial charge in [0, 0.05) is 13.1 Å². The fourth-order valence-corrected chi connectivity index (χ4v) is 1.66. The molecule has 1 atom stereocenters. The van der Waals surface area contributed by atoms with Crippen molar-refractivity contribution in [1.82, 2.24) is 4.90 Å². The van der Waals surface area contributed by atoms with Crippen molar-refractivity contribution in [2.75, 3.05) is 33.4 Å². The van der Waals surface area contributed by atoms with Gasteiger partial charge in [0.25, 0.3) is 0 Å². The van der Waals surface area contributed by atoms with Crippen LogP contribution in [-0.4, -0.2) is 55.6 Å². The molecule has 0 aliphatic rings. The summed E-state index contributed by atoms with van der Waals surface area (Å²) < 4.78 is 23.5. The second-order valence-corrected chi connectivity index (χ2v) is 5.10. The lowest BCUT2D eigenvalue weighted by molar-refractivity contribution is -0.00649. The smallest absolute Gasteiger partial charge is 0.123 e. The van der Waals surface area contributed by atoms with Crippen molar-refractivity contribution >= 4 is 0 Å². The molecule has 0 unspecified atom stereocenters. The van der Waals surface area contributed by atoms with E-state index in [-0.39, 0.29) is 11.9 Å². The third-order valence-electron chi connectivity index (χ3n) is 2.70. The lowest BCUT2D eigenvalue weighted by atomic mass is 10.3. The van der Waals surface area contributed by atoms with Crippen molar-refractivity contribution in [1.29, 1.82) is 0 Å². The minimum Gasteiger partial charge on any atom is -0.492 e. The Kier molecular flexibility index (Phi) is 7.51. The minimum absolute atomic E-state index is 0.122. The van der Waals surface area contributed by atoms with Crippen LogP contribution in [0.5, 0.6) is 5.75 Å². The van der Waals surface area contributed by atoms with Gasteiger partial charge in [0.05, 0.1) is 18.8 Å². The van der Waals surface area contributed by atoms with Gasteiger partial charge >= 0.3 is 0 Å². The zero-order valence-corrected chi connectivity index (χ0v) is 12.4. The van der Waals surface area contributed by atoms with Gasteiger partial charge in [-0.25, -0.2) is 4.39 Å². The number of hydrogen-bond acceptors (Lipinski definition) is 4. The lowest BCUT2D eigenvalue weighted by Crippen LogP contribution is -2.35. The topological polar surface area (TPSA) is 41.9 Å². The maximum atomic E-state index is 12.7. The van der Waals surface area contributed by atoms with E-state index in [2.05, 4.69) is 0 Å². The summed E-state index contributed by atoms with van der Waals surface area (Å²) in [5.41, 5.74) is 0. The van der Waals surface area contributed by atoms with Crippen molar-refractivity contribution < 1.29 is 19.0 Å². The van der Waals surface area contributed by atoms with E-state index in [9.17, 15) is 9.50 Å². The zero-order valence-electron chi connectivity index (χ0n) is 12.4. The van der Waals surface area contributed by atoms with Crippen molar-refractivity contribution in [3.05, 3.63) is 30.1 Å². The first kappa shape index (κ1) is 16.9. The first-order valence-corrected chi connectivity index (χ1v) is 6.84. The van der Waals surface area contributed by atoms with E-state index in [1.807, 2.05) is 25.8 Å². The molecule has 0 saturated carbocycles. The summed E-state index contributed by atoms with van der Waals surface area (Å²) in [5.74, 6) is 0.367. The predicted molar refractivity (Wildman–Crippen MR) is 76.5 cm³/mol. The molecule has 0 amide bonds. The summed E-state index contributed by atoms with van der Waals surface area (Å²) in [6.07, 6.45) is -0.384. The van der Waals surface area contributed by atoms with Crippen LogP contribution in [0.25, 0.3) is 0 Å². The Labute approximate surface area is 120 Å². The Morgan fingerprint density at radius 1 is 1.25 bits per heavy atom. The van der Waals surface area contributed by atoms with E-state index in [0.29, 0.717) is 32.1 Å². The number of likely N-dealkylation sites (N-methyl/N-ethyl adjacent to an activating group) is 1. The molecule has 0 saturated heterocycles. The number of hydrogen-bond donors (Lipinski definition) is 1. The van der Waals surface area contributed by atoms with Crippen LogP contribution in [0.3, 0.4) is 0 Å². The summed E-state index contributed by atoms with van der Waals surface area (Å²) in [6, 6.07) is 5.93. The largest absolute Gasteiger partial charge is 0.492 e. The molecule has 1 aromatic rings. The maximum Gasteiger partial charge on any atom is 0.123 e. The Morgan fingerprint density at radius 2 is 1.90 bits per heavy atom. The van der Waals surface area contributed by atoms with Crippen LogP contribution < -0.4 is 4.74 Å². The molecule has 0 aliphatic carbocycles. The van der Waals surface area contributed by atoms with Crippen LogP contribution in [0, 0.1) is 5.82 Å². The molecule has 1 aromatic carbocycles. The van der Waals surface area contributed by atoms with Crippen molar-refractivity contribution in [2.24, 2.45) is 0 Å². The molecule has 5 heteroatoms. The molecule has 0 heterocycles. The molecule has 1 N–H and O–H groups in total. The molecular formula is C15H24FNO3. The second kappa shape index (κ2) is 8.89. The van der Waals surface area contributed by atoms with Crippen molar-refractivity contribution in [3.63, 3.8) is 0 Å². The fourth-order valence-electron chi connectivity index (χ4n) is 1.66. The van der Waals surface area contributed by atoms with Crippen molar-refractivity contribution in [2.45, 2.75) is 26.1 Å². The Bertz CT molecular complexity index is 370. The standard InChI is InChI=1S/C15H24FNO3/c1-12(2)20-11-14(18)10-17(3)8-9-19-15-6-4-13(16)5-7-15/h4-7,12,14,18H,8-11H2,1-3H3/t14-/m0/s1. The van der Waals surface area contributed by atoms with Gasteiger partial charge < -0.3 is 19.5 Å². The van der Waals surface area contributed by atoms with E-state index >= 15 is 0 Å². The van der Waals surface area contributed by atoms with Crippen molar-refractivity contribution in [3.8, 4) is 5.75 Å². The lowest BCUT2D eigenvalue weighted by Gasteiger charge is -2.21.